The van der Waals surface area contributed by atoms with E-state index in [9.17, 15) is 13.2 Å². The number of anilines is 1. The zero-order valence-electron chi connectivity index (χ0n) is 13.8. The Morgan fingerprint density at radius 2 is 1.83 bits per heavy atom. The van der Waals surface area contributed by atoms with E-state index >= 15 is 0 Å². The number of benzene rings is 1. The topological polar surface area (TPSA) is 75.3 Å². The molecule has 0 atom stereocenters. The molecule has 0 fully saturated rings. The zero-order chi connectivity index (χ0) is 17.6. The van der Waals surface area contributed by atoms with E-state index in [1.54, 1.807) is 24.3 Å². The summed E-state index contributed by atoms with van der Waals surface area (Å²) in [6.45, 7) is 3.91. The van der Waals surface area contributed by atoms with E-state index in [2.05, 4.69) is 17.0 Å². The van der Waals surface area contributed by atoms with Gasteiger partial charge < -0.3 is 5.32 Å². The molecular weight excluding hydrogens is 344 g/mol. The number of rotatable bonds is 8. The fourth-order valence-corrected chi connectivity index (χ4v) is 4.49. The summed E-state index contributed by atoms with van der Waals surface area (Å²) in [6, 6.07) is 10.7. The Balaban J connectivity index is 2.03. The summed E-state index contributed by atoms with van der Waals surface area (Å²) in [7, 11) is -3.61. The number of unbranched alkanes of at least 4 members (excludes halogenated alkanes) is 1. The molecule has 1 heterocycles. The first-order valence-corrected chi connectivity index (χ1v) is 10.2. The van der Waals surface area contributed by atoms with Crippen molar-refractivity contribution >= 4 is 33.0 Å². The van der Waals surface area contributed by atoms with Gasteiger partial charge in [0, 0.05) is 17.5 Å². The van der Waals surface area contributed by atoms with Gasteiger partial charge in [0.25, 0.3) is 10.0 Å². The predicted molar refractivity (Wildman–Crippen MR) is 97.7 cm³/mol. The minimum Gasteiger partial charge on any atom is -0.351 e. The number of hydrogen-bond donors (Lipinski definition) is 2. The van der Waals surface area contributed by atoms with Crippen molar-refractivity contribution in [2.75, 3.05) is 4.72 Å². The van der Waals surface area contributed by atoms with Crippen molar-refractivity contribution < 1.29 is 13.2 Å². The van der Waals surface area contributed by atoms with E-state index in [1.165, 1.54) is 12.5 Å². The van der Waals surface area contributed by atoms with E-state index < -0.39 is 10.0 Å². The van der Waals surface area contributed by atoms with Gasteiger partial charge in [-0.25, -0.2) is 8.42 Å². The third-order valence-electron chi connectivity index (χ3n) is 3.44. The second kappa shape index (κ2) is 8.30. The molecule has 0 radical (unpaired) electrons. The van der Waals surface area contributed by atoms with Crippen LogP contribution < -0.4 is 10.0 Å². The first kappa shape index (κ1) is 18.5. The summed E-state index contributed by atoms with van der Waals surface area (Å²) in [5.74, 6) is -0.144. The molecular formula is C17H22N2O3S2. The molecule has 0 aliphatic carbocycles. The van der Waals surface area contributed by atoms with Crippen molar-refractivity contribution in [3.8, 4) is 0 Å². The lowest BCUT2D eigenvalue weighted by Crippen LogP contribution is -2.18. The Labute approximate surface area is 147 Å². The highest BCUT2D eigenvalue weighted by atomic mass is 32.2. The maximum atomic E-state index is 12.4. The van der Waals surface area contributed by atoms with Crippen molar-refractivity contribution in [1.82, 2.24) is 5.32 Å². The first-order valence-electron chi connectivity index (χ1n) is 7.85. The van der Waals surface area contributed by atoms with E-state index in [-0.39, 0.29) is 10.1 Å². The zero-order valence-corrected chi connectivity index (χ0v) is 15.5. The normalized spacial score (nSPS) is 11.2. The van der Waals surface area contributed by atoms with Gasteiger partial charge in [0.05, 0.1) is 6.54 Å². The second-order valence-electron chi connectivity index (χ2n) is 5.54. The summed E-state index contributed by atoms with van der Waals surface area (Å²) >= 11 is 1.15. The van der Waals surface area contributed by atoms with Crippen LogP contribution in [0.2, 0.25) is 0 Å². The van der Waals surface area contributed by atoms with Gasteiger partial charge in [-0.05, 0) is 42.7 Å². The molecule has 130 valence electrons. The minimum absolute atomic E-state index is 0.144. The summed E-state index contributed by atoms with van der Waals surface area (Å²) in [5.41, 5.74) is 1.75. The number of thiophene rings is 1. The molecule has 0 unspecified atom stereocenters. The van der Waals surface area contributed by atoms with Gasteiger partial charge in [0.1, 0.15) is 4.21 Å². The molecule has 0 saturated carbocycles. The van der Waals surface area contributed by atoms with Crippen LogP contribution in [0.1, 0.15) is 37.1 Å². The van der Waals surface area contributed by atoms with Crippen molar-refractivity contribution in [1.29, 1.82) is 0 Å². The van der Waals surface area contributed by atoms with E-state index in [4.69, 9.17) is 0 Å². The first-order chi connectivity index (χ1) is 11.4. The molecule has 0 spiro atoms. The van der Waals surface area contributed by atoms with Crippen LogP contribution in [0.25, 0.3) is 0 Å². The van der Waals surface area contributed by atoms with Crippen LogP contribution in [0.5, 0.6) is 0 Å². The van der Waals surface area contributed by atoms with Crippen LogP contribution in [0.15, 0.2) is 40.6 Å². The Kier molecular flexibility index (Phi) is 6.39. The Hall–Kier alpha value is -1.86. The highest BCUT2D eigenvalue weighted by Gasteiger charge is 2.17. The minimum atomic E-state index is -3.61. The van der Waals surface area contributed by atoms with Gasteiger partial charge in [-0.3, -0.25) is 9.52 Å². The lowest BCUT2D eigenvalue weighted by Gasteiger charge is -2.07. The average molecular weight is 367 g/mol. The van der Waals surface area contributed by atoms with Crippen molar-refractivity contribution in [3.05, 3.63) is 46.8 Å². The second-order valence-corrected chi connectivity index (χ2v) is 8.61. The summed E-state index contributed by atoms with van der Waals surface area (Å²) in [4.78, 5) is 11.7. The van der Waals surface area contributed by atoms with Crippen LogP contribution >= 0.6 is 11.3 Å². The van der Waals surface area contributed by atoms with Crippen molar-refractivity contribution in [2.24, 2.45) is 0 Å². The molecule has 0 aliphatic heterocycles. The number of aryl methyl sites for hydroxylation is 1. The molecule has 24 heavy (non-hydrogen) atoms. The summed E-state index contributed by atoms with van der Waals surface area (Å²) in [6.07, 6.45) is 3.26. The lowest BCUT2D eigenvalue weighted by molar-refractivity contribution is -0.119. The predicted octanol–water partition coefficient (Wildman–Crippen LogP) is 3.53. The molecule has 1 aromatic heterocycles. The van der Waals surface area contributed by atoms with Crippen LogP contribution in [0, 0.1) is 0 Å². The maximum absolute atomic E-state index is 12.4. The van der Waals surface area contributed by atoms with Crippen LogP contribution in [-0.2, 0) is 27.8 Å². The fraction of sp³-hybridized carbons (Fsp3) is 0.353. The van der Waals surface area contributed by atoms with E-state index in [1.807, 2.05) is 12.1 Å². The molecule has 0 bridgehead atoms. The number of nitrogens with one attached hydrogen (secondary N) is 2. The third-order valence-corrected chi connectivity index (χ3v) is 6.40. The quantitative estimate of drug-likeness (QED) is 0.750. The molecule has 2 N–H and O–H groups in total. The molecule has 0 aliphatic rings. The van der Waals surface area contributed by atoms with Gasteiger partial charge in [0.15, 0.2) is 0 Å². The molecule has 5 nitrogen and oxygen atoms in total. The van der Waals surface area contributed by atoms with Crippen LogP contribution in [0.4, 0.5) is 5.69 Å². The van der Waals surface area contributed by atoms with Gasteiger partial charge in [-0.2, -0.15) is 0 Å². The average Bonchev–Trinajstić information content (AvgIpc) is 3.02. The fourth-order valence-electron chi connectivity index (χ4n) is 2.14. The Morgan fingerprint density at radius 3 is 2.46 bits per heavy atom. The van der Waals surface area contributed by atoms with Gasteiger partial charge in [-0.15, -0.1) is 11.3 Å². The monoisotopic (exact) mass is 366 g/mol. The summed E-state index contributed by atoms with van der Waals surface area (Å²) in [5, 5.41) is 2.66. The van der Waals surface area contributed by atoms with Gasteiger partial charge >= 0.3 is 0 Å². The number of sulfonamides is 1. The highest BCUT2D eigenvalue weighted by Crippen LogP contribution is 2.24. The molecule has 2 aromatic rings. The number of amides is 1. The standard InChI is InChI=1S/C17H22N2O3S2/c1-3-4-5-14-6-8-15(9-7-14)19-24(21,22)17-11-10-16(23-17)12-18-13(2)20/h6-11,19H,3-5,12H2,1-2H3,(H,18,20). The number of hydrogen-bond acceptors (Lipinski definition) is 4. The van der Waals surface area contributed by atoms with Gasteiger partial charge in [-0.1, -0.05) is 25.5 Å². The Bertz CT molecular complexity index is 780. The maximum Gasteiger partial charge on any atom is 0.271 e. The smallest absolute Gasteiger partial charge is 0.271 e. The third kappa shape index (κ3) is 5.35. The highest BCUT2D eigenvalue weighted by molar-refractivity contribution is 7.94. The number of carbonyl (C=O) groups excluding carboxylic acids is 1. The molecule has 7 heteroatoms. The van der Waals surface area contributed by atoms with Crippen molar-refractivity contribution in [3.63, 3.8) is 0 Å². The molecule has 1 amide bonds. The Morgan fingerprint density at radius 1 is 1.12 bits per heavy atom. The lowest BCUT2D eigenvalue weighted by atomic mass is 10.1. The van der Waals surface area contributed by atoms with Crippen LogP contribution in [-0.4, -0.2) is 14.3 Å². The molecule has 0 saturated heterocycles. The SMILES string of the molecule is CCCCc1ccc(NS(=O)(=O)c2ccc(CNC(C)=O)s2)cc1. The summed E-state index contributed by atoms with van der Waals surface area (Å²) < 4.78 is 27.7. The van der Waals surface area contributed by atoms with Crippen LogP contribution in [0.3, 0.4) is 0 Å². The van der Waals surface area contributed by atoms with Gasteiger partial charge in [0.2, 0.25) is 5.91 Å². The van der Waals surface area contributed by atoms with E-state index in [0.717, 1.165) is 35.5 Å². The number of carbonyl (C=O) groups is 1. The largest absolute Gasteiger partial charge is 0.351 e. The molecule has 2 rings (SSSR count). The molecule has 1 aromatic carbocycles. The van der Waals surface area contributed by atoms with E-state index in [0.29, 0.717) is 12.2 Å². The van der Waals surface area contributed by atoms with Crippen molar-refractivity contribution in [2.45, 2.75) is 43.9 Å².